The molecular formula is C17H25N2O3Si. The summed E-state index contributed by atoms with van der Waals surface area (Å²) in [7, 11) is -1.18. The number of hydrogen-bond acceptors (Lipinski definition) is 3. The molecule has 2 aromatic rings. The fraction of sp³-hybridized carbons (Fsp3) is 0.529. The molecule has 0 aliphatic heterocycles. The van der Waals surface area contributed by atoms with Gasteiger partial charge in [0, 0.05) is 6.04 Å². The molecule has 5 nitrogen and oxygen atoms in total. The highest BCUT2D eigenvalue weighted by molar-refractivity contribution is 6.48. The van der Waals surface area contributed by atoms with Crippen LogP contribution < -0.4 is 15.6 Å². The number of benzene rings is 1. The van der Waals surface area contributed by atoms with E-state index in [1.54, 1.807) is 4.57 Å². The van der Waals surface area contributed by atoms with Crippen LogP contribution in [0.5, 0.6) is 0 Å². The quantitative estimate of drug-likeness (QED) is 0.641. The van der Waals surface area contributed by atoms with Crippen LogP contribution in [-0.4, -0.2) is 18.3 Å². The summed E-state index contributed by atoms with van der Waals surface area (Å²) >= 11 is 0. The standard InChI is InChI=1S/C17H25N2O3Si/c1-11(2)18-14-12(17(3,4)5)9-8-10-13(14)19(22-23(6)7)16(21)15(18)20/h8-11H,1-7H3. The molecule has 2 rings (SSSR count). The van der Waals surface area contributed by atoms with E-state index in [1.165, 1.54) is 4.73 Å². The lowest BCUT2D eigenvalue weighted by molar-refractivity contribution is 0.277. The maximum atomic E-state index is 12.7. The summed E-state index contributed by atoms with van der Waals surface area (Å²) in [5, 5.41) is 0. The molecule has 0 N–H and O–H groups in total. The Labute approximate surface area is 138 Å². The van der Waals surface area contributed by atoms with E-state index < -0.39 is 20.2 Å². The Morgan fingerprint density at radius 1 is 1.09 bits per heavy atom. The van der Waals surface area contributed by atoms with Gasteiger partial charge >= 0.3 is 20.2 Å². The second-order valence-electron chi connectivity index (χ2n) is 7.29. The van der Waals surface area contributed by atoms with E-state index >= 15 is 0 Å². The van der Waals surface area contributed by atoms with Gasteiger partial charge in [0.15, 0.2) is 0 Å². The third kappa shape index (κ3) is 3.13. The van der Waals surface area contributed by atoms with Gasteiger partial charge in [-0.15, -0.1) is 0 Å². The molecule has 0 aliphatic rings. The van der Waals surface area contributed by atoms with E-state index in [0.29, 0.717) is 5.52 Å². The van der Waals surface area contributed by atoms with Gasteiger partial charge in [0.1, 0.15) is 5.52 Å². The summed E-state index contributed by atoms with van der Waals surface area (Å²) in [6.45, 7) is 14.0. The highest BCUT2D eigenvalue weighted by Gasteiger charge is 2.24. The van der Waals surface area contributed by atoms with E-state index in [1.807, 2.05) is 45.1 Å². The number of aromatic nitrogens is 2. The topological polar surface area (TPSA) is 53.2 Å². The molecule has 1 aromatic heterocycles. The SMILES string of the molecule is CC(C)n1c(=O)c(=O)n(O[Si](C)C)c2cccc(C(C)(C)C)c21. The first kappa shape index (κ1) is 17.5. The summed E-state index contributed by atoms with van der Waals surface area (Å²) in [6, 6.07) is 5.66. The van der Waals surface area contributed by atoms with Crippen molar-refractivity contribution in [2.75, 3.05) is 0 Å². The average molecular weight is 333 g/mol. The largest absolute Gasteiger partial charge is 0.466 e. The second-order valence-corrected chi connectivity index (χ2v) is 9.29. The Morgan fingerprint density at radius 2 is 1.70 bits per heavy atom. The monoisotopic (exact) mass is 333 g/mol. The summed E-state index contributed by atoms with van der Waals surface area (Å²) in [5.74, 6) is 0. The van der Waals surface area contributed by atoms with Crippen LogP contribution in [0.3, 0.4) is 0 Å². The first-order chi connectivity index (χ1) is 10.6. The van der Waals surface area contributed by atoms with E-state index in [4.69, 9.17) is 4.53 Å². The van der Waals surface area contributed by atoms with Gasteiger partial charge in [0.05, 0.1) is 5.52 Å². The number of para-hydroxylation sites is 1. The summed E-state index contributed by atoms with van der Waals surface area (Å²) < 4.78 is 8.52. The van der Waals surface area contributed by atoms with E-state index in [-0.39, 0.29) is 11.5 Å². The second kappa shape index (κ2) is 6.00. The van der Waals surface area contributed by atoms with Crippen molar-refractivity contribution < 1.29 is 4.53 Å². The molecule has 23 heavy (non-hydrogen) atoms. The number of fused-ring (bicyclic) bond motifs is 1. The molecule has 0 spiro atoms. The maximum absolute atomic E-state index is 12.7. The molecule has 6 heteroatoms. The van der Waals surface area contributed by atoms with Crippen molar-refractivity contribution in [2.24, 2.45) is 0 Å². The number of rotatable bonds is 3. The van der Waals surface area contributed by atoms with Gasteiger partial charge in [0.25, 0.3) is 0 Å². The molecule has 0 atom stereocenters. The zero-order valence-electron chi connectivity index (χ0n) is 14.9. The van der Waals surface area contributed by atoms with Crippen molar-refractivity contribution in [3.05, 3.63) is 44.5 Å². The predicted molar refractivity (Wildman–Crippen MR) is 95.6 cm³/mol. The van der Waals surface area contributed by atoms with Crippen molar-refractivity contribution in [1.29, 1.82) is 0 Å². The third-order valence-electron chi connectivity index (χ3n) is 3.66. The van der Waals surface area contributed by atoms with Crippen LogP contribution in [-0.2, 0) is 5.41 Å². The molecule has 0 saturated carbocycles. The minimum atomic E-state index is -1.18. The molecular weight excluding hydrogens is 308 g/mol. The molecule has 0 unspecified atom stereocenters. The maximum Gasteiger partial charge on any atom is 0.348 e. The van der Waals surface area contributed by atoms with Gasteiger partial charge in [-0.05, 0) is 44.0 Å². The highest BCUT2D eigenvalue weighted by Crippen LogP contribution is 2.29. The lowest BCUT2D eigenvalue weighted by atomic mass is 9.86. The van der Waals surface area contributed by atoms with E-state index in [0.717, 1.165) is 11.1 Å². The number of nitrogens with zero attached hydrogens (tertiary/aromatic N) is 2. The normalized spacial score (nSPS) is 12.4. The van der Waals surface area contributed by atoms with Crippen molar-refractivity contribution in [3.8, 4) is 0 Å². The predicted octanol–water partition coefficient (Wildman–Crippen LogP) is 2.72. The molecule has 0 aliphatic carbocycles. The van der Waals surface area contributed by atoms with Gasteiger partial charge in [-0.2, -0.15) is 4.73 Å². The smallest absolute Gasteiger partial charge is 0.348 e. The minimum absolute atomic E-state index is 0.108. The zero-order chi connectivity index (χ0) is 17.5. The van der Waals surface area contributed by atoms with Crippen molar-refractivity contribution in [3.63, 3.8) is 0 Å². The van der Waals surface area contributed by atoms with Gasteiger partial charge in [-0.25, -0.2) is 0 Å². The lowest BCUT2D eigenvalue weighted by Crippen LogP contribution is -2.46. The minimum Gasteiger partial charge on any atom is -0.466 e. The fourth-order valence-corrected chi connectivity index (χ4v) is 3.27. The van der Waals surface area contributed by atoms with Crippen LogP contribution in [0.1, 0.15) is 46.2 Å². The third-order valence-corrected chi connectivity index (χ3v) is 4.21. The zero-order valence-corrected chi connectivity index (χ0v) is 15.9. The molecule has 1 radical (unpaired) electrons. The summed E-state index contributed by atoms with van der Waals surface area (Å²) in [5.41, 5.74) is 1.15. The van der Waals surface area contributed by atoms with Crippen LogP contribution in [0, 0.1) is 0 Å². The molecule has 0 bridgehead atoms. The first-order valence-corrected chi connectivity index (χ1v) is 10.3. The van der Waals surface area contributed by atoms with Crippen molar-refractivity contribution in [1.82, 2.24) is 9.30 Å². The fourth-order valence-electron chi connectivity index (χ4n) is 2.72. The van der Waals surface area contributed by atoms with Gasteiger partial charge in [-0.1, -0.05) is 32.9 Å². The van der Waals surface area contributed by atoms with Crippen molar-refractivity contribution in [2.45, 2.75) is 59.2 Å². The molecule has 125 valence electrons. The summed E-state index contributed by atoms with van der Waals surface area (Å²) in [4.78, 5) is 25.2. The van der Waals surface area contributed by atoms with Crippen LogP contribution >= 0.6 is 0 Å². The number of hydrogen-bond donors (Lipinski definition) is 0. The lowest BCUT2D eigenvalue weighted by Gasteiger charge is -2.26. The molecule has 0 saturated heterocycles. The van der Waals surface area contributed by atoms with Gasteiger partial charge < -0.3 is 4.53 Å². The Kier molecular flexibility index (Phi) is 4.57. The first-order valence-electron chi connectivity index (χ1n) is 7.85. The molecule has 0 fully saturated rings. The average Bonchev–Trinajstić information content (AvgIpc) is 2.41. The van der Waals surface area contributed by atoms with Crippen LogP contribution in [0.15, 0.2) is 27.8 Å². The summed E-state index contributed by atoms with van der Waals surface area (Å²) in [6.07, 6.45) is 0. The Balaban J connectivity index is 3.09. The van der Waals surface area contributed by atoms with Crippen LogP contribution in [0.25, 0.3) is 11.0 Å². The van der Waals surface area contributed by atoms with Crippen LogP contribution in [0.2, 0.25) is 13.1 Å². The Bertz CT molecular complexity index is 842. The van der Waals surface area contributed by atoms with Crippen molar-refractivity contribution >= 4 is 20.1 Å². The molecule has 0 amide bonds. The Hall–Kier alpha value is -1.82. The van der Waals surface area contributed by atoms with E-state index in [9.17, 15) is 9.59 Å². The molecule has 1 heterocycles. The molecule has 1 aromatic carbocycles. The van der Waals surface area contributed by atoms with Gasteiger partial charge in [0.2, 0.25) is 0 Å². The van der Waals surface area contributed by atoms with Gasteiger partial charge in [-0.3, -0.25) is 14.2 Å². The van der Waals surface area contributed by atoms with E-state index in [2.05, 4.69) is 20.8 Å². The highest BCUT2D eigenvalue weighted by atomic mass is 28.3. The van der Waals surface area contributed by atoms with Crippen LogP contribution in [0.4, 0.5) is 0 Å². The Morgan fingerprint density at radius 3 is 2.17 bits per heavy atom.